The third-order valence-corrected chi connectivity index (χ3v) is 6.61. The number of aliphatic hydroxyl groups is 1. The van der Waals surface area contributed by atoms with Gasteiger partial charge >= 0.3 is 6.09 Å². The van der Waals surface area contributed by atoms with Crippen LogP contribution in [0.5, 0.6) is 0 Å². The van der Waals surface area contributed by atoms with Gasteiger partial charge < -0.3 is 20.5 Å². The Morgan fingerprint density at radius 2 is 1.37 bits per heavy atom. The summed E-state index contributed by atoms with van der Waals surface area (Å²) in [5.41, 5.74) is 0.160. The Bertz CT molecular complexity index is 1360. The van der Waals surface area contributed by atoms with Crippen LogP contribution < -0.4 is 10.6 Å². The largest absolute Gasteiger partial charge is 0.444 e. The van der Waals surface area contributed by atoms with Gasteiger partial charge in [0.15, 0.2) is 0 Å². The van der Waals surface area contributed by atoms with Crippen LogP contribution in [0, 0.1) is 0 Å². The maximum Gasteiger partial charge on any atom is 0.408 e. The van der Waals surface area contributed by atoms with Crippen molar-refractivity contribution in [2.24, 2.45) is 0 Å². The van der Waals surface area contributed by atoms with Crippen LogP contribution in [0.15, 0.2) is 110 Å². The molecular weight excluding hydrogens is 516 g/mol. The Hall–Kier alpha value is -4.56. The van der Waals surface area contributed by atoms with Gasteiger partial charge in [-0.15, -0.1) is 0 Å². The molecule has 8 heteroatoms. The van der Waals surface area contributed by atoms with E-state index >= 15 is 0 Å². The Morgan fingerprint density at radius 1 is 0.805 bits per heavy atom. The maximum absolute atomic E-state index is 14.0. The lowest BCUT2D eigenvalue weighted by atomic mass is 9.78. The van der Waals surface area contributed by atoms with Crippen LogP contribution in [0.2, 0.25) is 0 Å². The van der Waals surface area contributed by atoms with E-state index in [4.69, 9.17) is 4.74 Å². The number of carbonyl (C=O) groups is 2. The van der Waals surface area contributed by atoms with Crippen molar-refractivity contribution < 1.29 is 19.4 Å². The summed E-state index contributed by atoms with van der Waals surface area (Å²) < 4.78 is 5.47. The van der Waals surface area contributed by atoms with Crippen molar-refractivity contribution in [2.75, 3.05) is 0 Å². The summed E-state index contributed by atoms with van der Waals surface area (Å²) in [5, 5.41) is 18.3. The smallest absolute Gasteiger partial charge is 0.408 e. The quantitative estimate of drug-likeness (QED) is 0.252. The number of aromatic nitrogens is 2. The zero-order chi connectivity index (χ0) is 29.3. The molecular formula is C33H36N4O4. The zero-order valence-electron chi connectivity index (χ0n) is 23.5. The summed E-state index contributed by atoms with van der Waals surface area (Å²) in [6.45, 7) is 5.29. The van der Waals surface area contributed by atoms with Crippen LogP contribution in [-0.2, 0) is 21.6 Å². The summed E-state index contributed by atoms with van der Waals surface area (Å²) >= 11 is 0. The molecule has 212 valence electrons. The molecule has 2 aromatic heterocycles. The van der Waals surface area contributed by atoms with Gasteiger partial charge in [-0.2, -0.15) is 0 Å². The van der Waals surface area contributed by atoms with Gasteiger partial charge in [0.05, 0.1) is 6.04 Å². The molecule has 0 saturated carbocycles. The summed E-state index contributed by atoms with van der Waals surface area (Å²) in [7, 11) is 0. The number of rotatable bonds is 10. The van der Waals surface area contributed by atoms with E-state index in [0.717, 1.165) is 5.56 Å². The molecule has 2 aromatic carbocycles. The SMILES string of the molecule is CC(C)(C)OC(=O)N[C@H](CCc1ccccc1)C(=O)N[C@H](c1ccccc1)C(O)(c1cccnc1)c1cccnc1. The van der Waals surface area contributed by atoms with E-state index in [0.29, 0.717) is 29.5 Å². The molecule has 2 heterocycles. The second-order valence-electron chi connectivity index (χ2n) is 10.8. The first kappa shape index (κ1) is 29.4. The Morgan fingerprint density at radius 3 is 1.88 bits per heavy atom. The van der Waals surface area contributed by atoms with Crippen LogP contribution in [-0.4, -0.2) is 38.7 Å². The molecule has 0 aliphatic heterocycles. The minimum Gasteiger partial charge on any atom is -0.444 e. The van der Waals surface area contributed by atoms with E-state index in [2.05, 4.69) is 20.6 Å². The Labute approximate surface area is 240 Å². The molecule has 4 rings (SSSR count). The molecule has 0 aliphatic carbocycles. The molecule has 0 radical (unpaired) electrons. The fourth-order valence-electron chi connectivity index (χ4n) is 4.67. The molecule has 3 N–H and O–H groups in total. The number of aryl methyl sites for hydroxylation is 1. The van der Waals surface area contributed by atoms with Crippen LogP contribution in [0.1, 0.15) is 55.5 Å². The highest BCUT2D eigenvalue weighted by Crippen LogP contribution is 2.40. The van der Waals surface area contributed by atoms with E-state index in [1.807, 2.05) is 60.7 Å². The topological polar surface area (TPSA) is 113 Å². The number of benzene rings is 2. The van der Waals surface area contributed by atoms with Crippen molar-refractivity contribution in [1.29, 1.82) is 0 Å². The van der Waals surface area contributed by atoms with Gasteiger partial charge in [0.2, 0.25) is 5.91 Å². The predicted octanol–water partition coefficient (Wildman–Crippen LogP) is 5.10. The predicted molar refractivity (Wildman–Crippen MR) is 157 cm³/mol. The van der Waals surface area contributed by atoms with Gasteiger partial charge in [-0.05, 0) is 56.9 Å². The minimum atomic E-state index is -1.74. The monoisotopic (exact) mass is 552 g/mol. The average Bonchev–Trinajstić information content (AvgIpc) is 2.98. The van der Waals surface area contributed by atoms with Gasteiger partial charge in [-0.3, -0.25) is 14.8 Å². The second kappa shape index (κ2) is 13.2. The minimum absolute atomic E-state index is 0.314. The number of amides is 2. The van der Waals surface area contributed by atoms with Crippen LogP contribution in [0.3, 0.4) is 0 Å². The second-order valence-corrected chi connectivity index (χ2v) is 10.8. The lowest BCUT2D eigenvalue weighted by Gasteiger charge is -2.38. The highest BCUT2D eigenvalue weighted by atomic mass is 16.6. The van der Waals surface area contributed by atoms with E-state index in [1.54, 1.807) is 69.8 Å². The third kappa shape index (κ3) is 7.77. The van der Waals surface area contributed by atoms with Crippen molar-refractivity contribution >= 4 is 12.0 Å². The lowest BCUT2D eigenvalue weighted by Crippen LogP contribution is -2.53. The lowest BCUT2D eigenvalue weighted by molar-refractivity contribution is -0.126. The fraction of sp³-hybridized carbons (Fsp3) is 0.273. The normalized spacial score (nSPS) is 13.1. The first-order chi connectivity index (χ1) is 19.7. The maximum atomic E-state index is 14.0. The van der Waals surface area contributed by atoms with Crippen molar-refractivity contribution in [3.8, 4) is 0 Å². The van der Waals surface area contributed by atoms with E-state index in [9.17, 15) is 14.7 Å². The van der Waals surface area contributed by atoms with Gasteiger partial charge in [0, 0.05) is 35.9 Å². The number of nitrogens with one attached hydrogen (secondary N) is 2. The van der Waals surface area contributed by atoms with Crippen molar-refractivity contribution in [3.05, 3.63) is 132 Å². The van der Waals surface area contributed by atoms with Gasteiger partial charge in [0.1, 0.15) is 17.2 Å². The number of carbonyl (C=O) groups excluding carboxylic acids is 2. The zero-order valence-corrected chi connectivity index (χ0v) is 23.5. The summed E-state index contributed by atoms with van der Waals surface area (Å²) in [5.74, 6) is -0.466. The van der Waals surface area contributed by atoms with E-state index < -0.39 is 35.3 Å². The molecule has 0 saturated heterocycles. The molecule has 41 heavy (non-hydrogen) atoms. The van der Waals surface area contributed by atoms with Crippen LogP contribution in [0.4, 0.5) is 4.79 Å². The molecule has 2 amide bonds. The third-order valence-electron chi connectivity index (χ3n) is 6.61. The van der Waals surface area contributed by atoms with Crippen LogP contribution >= 0.6 is 0 Å². The molecule has 2 atom stereocenters. The first-order valence-corrected chi connectivity index (χ1v) is 13.6. The molecule has 8 nitrogen and oxygen atoms in total. The van der Waals surface area contributed by atoms with Crippen molar-refractivity contribution in [2.45, 2.75) is 56.9 Å². The molecule has 0 spiro atoms. The van der Waals surface area contributed by atoms with Gasteiger partial charge in [-0.25, -0.2) is 4.79 Å². The summed E-state index contributed by atoms with van der Waals surface area (Å²) in [4.78, 5) is 35.3. The number of ether oxygens (including phenoxy) is 1. The molecule has 0 fully saturated rings. The van der Waals surface area contributed by atoms with Crippen LogP contribution in [0.25, 0.3) is 0 Å². The standard InChI is InChI=1S/C33H36N4O4/c1-32(2,3)41-31(39)36-28(19-18-24-12-6-4-7-13-24)30(38)37-29(25-14-8-5-9-15-25)33(40,26-16-10-20-34-22-26)27-17-11-21-35-23-27/h4-17,20-23,28-29,40H,18-19H2,1-3H3,(H,36,39)(H,37,38)/t28-,29-/m1/s1. The first-order valence-electron chi connectivity index (χ1n) is 13.6. The highest BCUT2D eigenvalue weighted by Gasteiger charge is 2.43. The highest BCUT2D eigenvalue weighted by molar-refractivity contribution is 5.86. The summed E-state index contributed by atoms with van der Waals surface area (Å²) in [6.07, 6.45) is 6.54. The van der Waals surface area contributed by atoms with Crippen molar-refractivity contribution in [3.63, 3.8) is 0 Å². The molecule has 0 bridgehead atoms. The Kier molecular flexibility index (Phi) is 9.47. The number of pyridine rings is 2. The Balaban J connectivity index is 1.72. The van der Waals surface area contributed by atoms with Gasteiger partial charge in [0.25, 0.3) is 0 Å². The van der Waals surface area contributed by atoms with Crippen molar-refractivity contribution in [1.82, 2.24) is 20.6 Å². The van der Waals surface area contributed by atoms with Gasteiger partial charge in [-0.1, -0.05) is 72.8 Å². The molecule has 0 unspecified atom stereocenters. The average molecular weight is 553 g/mol. The number of nitrogens with zero attached hydrogens (tertiary/aromatic N) is 2. The molecule has 4 aromatic rings. The fourth-order valence-corrected chi connectivity index (χ4v) is 4.67. The summed E-state index contributed by atoms with van der Waals surface area (Å²) in [6, 6.07) is 24.0. The number of alkyl carbamates (subject to hydrolysis) is 1. The number of hydrogen-bond acceptors (Lipinski definition) is 6. The van der Waals surface area contributed by atoms with E-state index in [-0.39, 0.29) is 0 Å². The molecule has 0 aliphatic rings. The number of hydrogen-bond donors (Lipinski definition) is 3. The van der Waals surface area contributed by atoms with E-state index in [1.165, 1.54) is 0 Å².